The summed E-state index contributed by atoms with van der Waals surface area (Å²) < 4.78 is 0. The third-order valence-electron chi connectivity index (χ3n) is 2.95. The fraction of sp³-hybridized carbons (Fsp3) is 0.562. The van der Waals surface area contributed by atoms with Crippen molar-refractivity contribution in [3.8, 4) is 0 Å². The van der Waals surface area contributed by atoms with Gasteiger partial charge in [-0.1, -0.05) is 33.8 Å². The molecular weight excluding hydrogens is 272 g/mol. The molecule has 0 spiro atoms. The van der Waals surface area contributed by atoms with Crippen LogP contribution in [0.15, 0.2) is 18.2 Å². The number of halogens is 1. The number of hydrogen-bond acceptors (Lipinski definition) is 2. The zero-order valence-corrected chi connectivity index (χ0v) is 14.0. The Labute approximate surface area is 128 Å². The van der Waals surface area contributed by atoms with Gasteiger partial charge in [-0.05, 0) is 36.5 Å². The van der Waals surface area contributed by atoms with Crippen LogP contribution in [0.5, 0.6) is 0 Å². The molecule has 1 amide bonds. The molecular formula is C16H27ClN2O. The minimum Gasteiger partial charge on any atom is -0.399 e. The number of nitrogens with two attached hydrogens (primary N) is 1. The maximum atomic E-state index is 12.7. The minimum atomic E-state index is 0. The van der Waals surface area contributed by atoms with Crippen LogP contribution < -0.4 is 5.73 Å². The van der Waals surface area contributed by atoms with Crippen molar-refractivity contribution in [3.63, 3.8) is 0 Å². The Morgan fingerprint density at radius 1 is 1.15 bits per heavy atom. The van der Waals surface area contributed by atoms with Gasteiger partial charge in [0.1, 0.15) is 0 Å². The molecule has 0 aliphatic heterocycles. The van der Waals surface area contributed by atoms with Crippen LogP contribution in [-0.2, 0) is 0 Å². The van der Waals surface area contributed by atoms with E-state index in [2.05, 4.69) is 27.7 Å². The molecule has 1 aromatic rings. The number of carbonyl (C=O) groups excluding carboxylic acids is 1. The van der Waals surface area contributed by atoms with Crippen LogP contribution >= 0.6 is 12.4 Å². The molecule has 0 unspecified atom stereocenters. The van der Waals surface area contributed by atoms with Crippen LogP contribution in [0, 0.1) is 18.8 Å². The number of benzene rings is 1. The first-order valence-electron chi connectivity index (χ1n) is 6.96. The maximum Gasteiger partial charge on any atom is 0.254 e. The van der Waals surface area contributed by atoms with Crippen molar-refractivity contribution >= 4 is 24.0 Å². The van der Waals surface area contributed by atoms with E-state index in [0.29, 0.717) is 17.5 Å². The van der Waals surface area contributed by atoms with E-state index in [0.717, 1.165) is 24.2 Å². The van der Waals surface area contributed by atoms with Gasteiger partial charge in [0, 0.05) is 24.3 Å². The summed E-state index contributed by atoms with van der Waals surface area (Å²) in [6.07, 6.45) is 0. The number of hydrogen-bond donors (Lipinski definition) is 1. The number of amides is 1. The zero-order chi connectivity index (χ0) is 14.6. The van der Waals surface area contributed by atoms with E-state index < -0.39 is 0 Å². The first kappa shape index (κ1) is 18.8. The van der Waals surface area contributed by atoms with Gasteiger partial charge in [0.05, 0.1) is 0 Å². The Morgan fingerprint density at radius 2 is 1.65 bits per heavy atom. The highest BCUT2D eigenvalue weighted by atomic mass is 35.5. The predicted molar refractivity (Wildman–Crippen MR) is 88.4 cm³/mol. The molecule has 3 nitrogen and oxygen atoms in total. The van der Waals surface area contributed by atoms with Gasteiger partial charge in [-0.2, -0.15) is 0 Å². The van der Waals surface area contributed by atoms with Gasteiger partial charge in [-0.15, -0.1) is 12.4 Å². The summed E-state index contributed by atoms with van der Waals surface area (Å²) in [5.74, 6) is 1.01. The Kier molecular flexibility index (Phi) is 7.66. The highest BCUT2D eigenvalue weighted by Crippen LogP contribution is 2.17. The van der Waals surface area contributed by atoms with Gasteiger partial charge in [0.25, 0.3) is 5.91 Å². The molecule has 0 fully saturated rings. The largest absolute Gasteiger partial charge is 0.399 e. The second kappa shape index (κ2) is 8.15. The fourth-order valence-electron chi connectivity index (χ4n) is 2.16. The minimum absolute atomic E-state index is 0. The number of carbonyl (C=O) groups is 1. The molecule has 2 N–H and O–H groups in total. The lowest BCUT2D eigenvalue weighted by Gasteiger charge is -2.27. The molecule has 4 heteroatoms. The van der Waals surface area contributed by atoms with Gasteiger partial charge in [-0.3, -0.25) is 4.79 Å². The molecule has 0 aliphatic carbocycles. The van der Waals surface area contributed by atoms with Crippen molar-refractivity contribution in [3.05, 3.63) is 29.3 Å². The zero-order valence-electron chi connectivity index (χ0n) is 13.1. The molecule has 1 rings (SSSR count). The van der Waals surface area contributed by atoms with E-state index in [1.54, 1.807) is 6.07 Å². The van der Waals surface area contributed by atoms with Crippen molar-refractivity contribution in [2.45, 2.75) is 34.6 Å². The van der Waals surface area contributed by atoms with Crippen LogP contribution in [0.3, 0.4) is 0 Å². The van der Waals surface area contributed by atoms with E-state index in [1.807, 2.05) is 24.0 Å². The molecule has 0 aromatic heterocycles. The van der Waals surface area contributed by atoms with Crippen molar-refractivity contribution in [2.75, 3.05) is 18.8 Å². The molecule has 0 bridgehead atoms. The number of nitrogens with zero attached hydrogens (tertiary/aromatic N) is 1. The third kappa shape index (κ3) is 5.41. The molecule has 0 saturated heterocycles. The van der Waals surface area contributed by atoms with E-state index in [9.17, 15) is 4.79 Å². The van der Waals surface area contributed by atoms with Crippen molar-refractivity contribution < 1.29 is 4.79 Å². The number of rotatable bonds is 5. The highest BCUT2D eigenvalue weighted by molar-refractivity contribution is 5.96. The van der Waals surface area contributed by atoms with Gasteiger partial charge in [0.2, 0.25) is 0 Å². The standard InChI is InChI=1S/C16H26N2O.ClH/c1-11(2)9-18(10-12(3)4)16(19)15-8-14(17)7-6-13(15)5;/h6-8,11-12H,9-10,17H2,1-5H3;1H. The van der Waals surface area contributed by atoms with Crippen molar-refractivity contribution in [1.29, 1.82) is 0 Å². The summed E-state index contributed by atoms with van der Waals surface area (Å²) in [6.45, 7) is 12.0. The first-order valence-corrected chi connectivity index (χ1v) is 6.96. The van der Waals surface area contributed by atoms with E-state index in [1.165, 1.54) is 0 Å². The quantitative estimate of drug-likeness (QED) is 0.842. The Bertz CT molecular complexity index is 434. The maximum absolute atomic E-state index is 12.7. The smallest absolute Gasteiger partial charge is 0.254 e. The molecule has 114 valence electrons. The average Bonchev–Trinajstić information content (AvgIpc) is 2.29. The van der Waals surface area contributed by atoms with Crippen molar-refractivity contribution in [1.82, 2.24) is 4.90 Å². The van der Waals surface area contributed by atoms with E-state index in [-0.39, 0.29) is 18.3 Å². The van der Waals surface area contributed by atoms with Crippen LogP contribution in [0.4, 0.5) is 5.69 Å². The molecule has 0 radical (unpaired) electrons. The molecule has 0 atom stereocenters. The van der Waals surface area contributed by atoms with Crippen LogP contribution in [-0.4, -0.2) is 23.9 Å². The summed E-state index contributed by atoms with van der Waals surface area (Å²) in [6, 6.07) is 5.53. The van der Waals surface area contributed by atoms with Gasteiger partial charge < -0.3 is 10.6 Å². The number of aryl methyl sites for hydroxylation is 1. The summed E-state index contributed by atoms with van der Waals surface area (Å²) in [7, 11) is 0. The molecule has 1 aromatic carbocycles. The number of nitrogen functional groups attached to an aromatic ring is 1. The lowest BCUT2D eigenvalue weighted by molar-refractivity contribution is 0.0714. The molecule has 0 heterocycles. The van der Waals surface area contributed by atoms with Crippen LogP contribution in [0.2, 0.25) is 0 Å². The molecule has 0 saturated carbocycles. The lowest BCUT2D eigenvalue weighted by Crippen LogP contribution is -2.37. The second-order valence-electron chi connectivity index (χ2n) is 6.07. The summed E-state index contributed by atoms with van der Waals surface area (Å²) in [4.78, 5) is 14.6. The van der Waals surface area contributed by atoms with Gasteiger partial charge >= 0.3 is 0 Å². The Hall–Kier alpha value is -1.22. The monoisotopic (exact) mass is 298 g/mol. The SMILES string of the molecule is Cc1ccc(N)cc1C(=O)N(CC(C)C)CC(C)C.Cl. The lowest BCUT2D eigenvalue weighted by atomic mass is 10.0. The summed E-state index contributed by atoms with van der Waals surface area (Å²) in [5.41, 5.74) is 8.15. The van der Waals surface area contributed by atoms with E-state index in [4.69, 9.17) is 5.73 Å². The Morgan fingerprint density at radius 3 is 2.10 bits per heavy atom. The van der Waals surface area contributed by atoms with Gasteiger partial charge in [-0.25, -0.2) is 0 Å². The first-order chi connectivity index (χ1) is 8.81. The molecule has 0 aliphatic rings. The predicted octanol–water partition coefficient (Wildman–Crippen LogP) is 3.75. The normalized spacial score (nSPS) is 10.6. The fourth-order valence-corrected chi connectivity index (χ4v) is 2.16. The summed E-state index contributed by atoms with van der Waals surface area (Å²) >= 11 is 0. The van der Waals surface area contributed by atoms with Crippen molar-refractivity contribution in [2.24, 2.45) is 11.8 Å². The average molecular weight is 299 g/mol. The third-order valence-corrected chi connectivity index (χ3v) is 2.95. The van der Waals surface area contributed by atoms with Gasteiger partial charge in [0.15, 0.2) is 0 Å². The number of anilines is 1. The van der Waals surface area contributed by atoms with E-state index >= 15 is 0 Å². The second-order valence-corrected chi connectivity index (χ2v) is 6.07. The van der Waals surface area contributed by atoms with Crippen LogP contribution in [0.25, 0.3) is 0 Å². The molecule has 20 heavy (non-hydrogen) atoms. The summed E-state index contributed by atoms with van der Waals surface area (Å²) in [5, 5.41) is 0. The Balaban J connectivity index is 0.00000361. The highest BCUT2D eigenvalue weighted by Gasteiger charge is 2.19. The van der Waals surface area contributed by atoms with Crippen LogP contribution in [0.1, 0.15) is 43.6 Å². The topological polar surface area (TPSA) is 46.3 Å².